The number of halogens is 2. The SMILES string of the molecule is Cl.Cl.O.O.O.O.O.O.O.[H-].[H-].[H-].[H-].[Mg+2].[Mg+2]. The van der Waals surface area contributed by atoms with Crippen molar-refractivity contribution >= 4 is 70.9 Å². The molecule has 11 heavy (non-hydrogen) atoms. The predicted molar refractivity (Wildman–Crippen MR) is 55.7 cm³/mol. The molecule has 0 rings (SSSR count). The molecule has 7 nitrogen and oxygen atoms in total. The Balaban J connectivity index is 0. The quantitative estimate of drug-likeness (QED) is 0.368. The van der Waals surface area contributed by atoms with E-state index in [2.05, 4.69) is 0 Å². The molecule has 0 radical (unpaired) electrons. The van der Waals surface area contributed by atoms with Gasteiger partial charge in [-0.2, -0.15) is 0 Å². The van der Waals surface area contributed by atoms with Crippen molar-refractivity contribution in [2.24, 2.45) is 0 Å². The van der Waals surface area contributed by atoms with Gasteiger partial charge in [0.25, 0.3) is 0 Å². The van der Waals surface area contributed by atoms with Gasteiger partial charge in [-0.3, -0.25) is 0 Å². The van der Waals surface area contributed by atoms with Gasteiger partial charge in [-0.05, 0) is 0 Å². The zero-order valence-electron chi connectivity index (χ0n) is 9.73. The first kappa shape index (κ1) is 535. The first-order chi connectivity index (χ1) is 0. The molecule has 0 aromatic carbocycles. The number of hydrogen-bond donors (Lipinski definition) is 0. The zero-order chi connectivity index (χ0) is 0. The van der Waals surface area contributed by atoms with Gasteiger partial charge in [-0.15, -0.1) is 24.8 Å². The van der Waals surface area contributed by atoms with E-state index in [0.29, 0.717) is 0 Å². The van der Waals surface area contributed by atoms with Crippen LogP contribution in [0.3, 0.4) is 0 Å². The van der Waals surface area contributed by atoms with Crippen molar-refractivity contribution in [3.8, 4) is 0 Å². The summed E-state index contributed by atoms with van der Waals surface area (Å²) < 4.78 is 0. The molecule has 0 bridgehead atoms. The van der Waals surface area contributed by atoms with Gasteiger partial charge in [0.05, 0.1) is 0 Å². The topological polar surface area (TPSA) is 220 Å². The molecule has 0 saturated carbocycles. The average molecular weight is 252 g/mol. The van der Waals surface area contributed by atoms with Crippen molar-refractivity contribution in [3.05, 3.63) is 0 Å². The fourth-order valence-corrected chi connectivity index (χ4v) is 0. The summed E-state index contributed by atoms with van der Waals surface area (Å²) >= 11 is 0. The van der Waals surface area contributed by atoms with Crippen LogP contribution in [0.25, 0.3) is 0 Å². The smallest absolute Gasteiger partial charge is 1.00 e. The van der Waals surface area contributed by atoms with Gasteiger partial charge < -0.3 is 44.0 Å². The van der Waals surface area contributed by atoms with Crippen LogP contribution in [0, 0.1) is 0 Å². The Labute approximate surface area is 115 Å². The minimum atomic E-state index is 0. The standard InChI is InChI=1S/2ClH.2Mg.7H2O.4H/h2*1H;;;7*1H2;;;;/q;;2*+2;;;;;;;;4*-1. The first-order valence-corrected chi connectivity index (χ1v) is 0. The molecular formula is H20Cl2Mg2O7. The molecule has 0 aliphatic rings. The van der Waals surface area contributed by atoms with Crippen LogP contribution in [0.2, 0.25) is 0 Å². The van der Waals surface area contributed by atoms with E-state index in [1.165, 1.54) is 0 Å². The van der Waals surface area contributed by atoms with E-state index >= 15 is 0 Å². The molecule has 0 aromatic rings. The van der Waals surface area contributed by atoms with Crippen molar-refractivity contribution in [2.45, 2.75) is 0 Å². The predicted octanol–water partition coefficient (Wildman–Crippen LogP) is -5.24. The molecule has 0 heterocycles. The van der Waals surface area contributed by atoms with Crippen LogP contribution in [-0.4, -0.2) is 84.4 Å². The summed E-state index contributed by atoms with van der Waals surface area (Å²) in [5.74, 6) is 0. The third-order valence-corrected chi connectivity index (χ3v) is 0. The monoisotopic (exact) mass is 250 g/mol. The van der Waals surface area contributed by atoms with E-state index in [1.807, 2.05) is 0 Å². The van der Waals surface area contributed by atoms with Gasteiger partial charge in [0.1, 0.15) is 0 Å². The summed E-state index contributed by atoms with van der Waals surface area (Å²) in [6, 6.07) is 0. The van der Waals surface area contributed by atoms with Crippen LogP contribution in [-0.2, 0) is 0 Å². The van der Waals surface area contributed by atoms with Crippen LogP contribution in [0.1, 0.15) is 5.71 Å². The van der Waals surface area contributed by atoms with E-state index < -0.39 is 0 Å². The van der Waals surface area contributed by atoms with Crippen molar-refractivity contribution in [1.82, 2.24) is 0 Å². The zero-order valence-corrected chi connectivity index (χ0v) is 10.2. The van der Waals surface area contributed by atoms with Gasteiger partial charge in [0.15, 0.2) is 0 Å². The molecule has 0 saturated heterocycles. The van der Waals surface area contributed by atoms with Crippen LogP contribution in [0.4, 0.5) is 0 Å². The molecule has 80 valence electrons. The van der Waals surface area contributed by atoms with Gasteiger partial charge in [0.2, 0.25) is 0 Å². The van der Waals surface area contributed by atoms with Crippen molar-refractivity contribution in [3.63, 3.8) is 0 Å². The van der Waals surface area contributed by atoms with E-state index in [4.69, 9.17) is 0 Å². The minimum Gasteiger partial charge on any atom is -1.00 e. The van der Waals surface area contributed by atoms with Gasteiger partial charge >= 0.3 is 46.1 Å². The van der Waals surface area contributed by atoms with Crippen LogP contribution in [0.15, 0.2) is 0 Å². The van der Waals surface area contributed by atoms with E-state index in [0.717, 1.165) is 0 Å². The summed E-state index contributed by atoms with van der Waals surface area (Å²) in [6.07, 6.45) is 0. The van der Waals surface area contributed by atoms with Crippen molar-refractivity contribution in [2.75, 3.05) is 0 Å². The summed E-state index contributed by atoms with van der Waals surface area (Å²) in [7, 11) is 0. The molecule has 0 aromatic heterocycles. The summed E-state index contributed by atoms with van der Waals surface area (Å²) in [5.41, 5.74) is 0. The van der Waals surface area contributed by atoms with Crippen molar-refractivity contribution < 1.29 is 44.0 Å². The molecule has 14 N–H and O–H groups in total. The van der Waals surface area contributed by atoms with Gasteiger partial charge in [-0.25, -0.2) is 0 Å². The maximum absolute atomic E-state index is 0. The van der Waals surface area contributed by atoms with Crippen LogP contribution < -0.4 is 0 Å². The van der Waals surface area contributed by atoms with E-state index in [1.54, 1.807) is 0 Å². The fraction of sp³-hybridized carbons (Fsp3) is 0. The third kappa shape index (κ3) is 341. The summed E-state index contributed by atoms with van der Waals surface area (Å²) in [6.45, 7) is 0. The van der Waals surface area contributed by atoms with Gasteiger partial charge in [0, 0.05) is 0 Å². The largest absolute Gasteiger partial charge is 2.00 e. The summed E-state index contributed by atoms with van der Waals surface area (Å²) in [5, 5.41) is 0. The Kier molecular flexibility index (Phi) is 20100. The second kappa shape index (κ2) is 413. The molecule has 0 spiro atoms. The molecule has 11 heteroatoms. The van der Waals surface area contributed by atoms with Gasteiger partial charge in [-0.1, -0.05) is 0 Å². The third-order valence-electron chi connectivity index (χ3n) is 0. The second-order valence-corrected chi connectivity index (χ2v) is 0. The maximum atomic E-state index is 0. The Morgan fingerprint density at radius 3 is 0.364 bits per heavy atom. The normalized spacial score (nSPS) is 0. The molecule has 0 atom stereocenters. The summed E-state index contributed by atoms with van der Waals surface area (Å²) in [4.78, 5) is 0. The molecule has 0 fully saturated rings. The van der Waals surface area contributed by atoms with E-state index in [-0.39, 0.29) is 115 Å². The average Bonchev–Trinajstić information content (AvgIpc) is 0. The Morgan fingerprint density at radius 2 is 0.364 bits per heavy atom. The van der Waals surface area contributed by atoms with E-state index in [9.17, 15) is 0 Å². The second-order valence-electron chi connectivity index (χ2n) is 0. The molecule has 0 unspecified atom stereocenters. The maximum Gasteiger partial charge on any atom is 2.00 e. The Bertz CT molecular complexity index is 27.0. The Morgan fingerprint density at radius 1 is 0.364 bits per heavy atom. The van der Waals surface area contributed by atoms with Crippen molar-refractivity contribution in [1.29, 1.82) is 0 Å². The fourth-order valence-electron chi connectivity index (χ4n) is 0. The number of rotatable bonds is 0. The molecule has 0 aliphatic heterocycles. The first-order valence-electron chi connectivity index (χ1n) is 0. The molecule has 0 aliphatic carbocycles. The molecular weight excluding hydrogens is 232 g/mol. The minimum absolute atomic E-state index is 0. The molecule has 0 amide bonds. The Hall–Kier alpha value is 1.83. The number of hydrogen-bond acceptors (Lipinski definition) is 0. The van der Waals surface area contributed by atoms with Crippen LogP contribution >= 0.6 is 24.8 Å². The van der Waals surface area contributed by atoms with Crippen LogP contribution in [0.5, 0.6) is 0 Å².